The predicted octanol–water partition coefficient (Wildman–Crippen LogP) is 5.00. The van der Waals surface area contributed by atoms with Crippen LogP contribution in [0.4, 0.5) is 0 Å². The minimum Gasteiger partial charge on any atom is -0.496 e. The van der Waals surface area contributed by atoms with E-state index in [0.717, 1.165) is 21.2 Å². The number of carbonyl (C=O) groups is 2. The number of benzene rings is 3. The second kappa shape index (κ2) is 10.7. The molecule has 0 aliphatic carbocycles. The molecule has 2 amide bonds. The molecular formula is C25H22BrN3O3S. The van der Waals surface area contributed by atoms with Gasteiger partial charge in [-0.15, -0.1) is 11.8 Å². The van der Waals surface area contributed by atoms with Crippen LogP contribution in [0.3, 0.4) is 0 Å². The van der Waals surface area contributed by atoms with Crippen LogP contribution in [0.2, 0.25) is 0 Å². The molecule has 0 unspecified atom stereocenters. The number of hydrazone groups is 1. The molecule has 4 rings (SSSR count). The van der Waals surface area contributed by atoms with Crippen LogP contribution in [-0.4, -0.2) is 35.8 Å². The summed E-state index contributed by atoms with van der Waals surface area (Å²) in [4.78, 5) is 26.8. The minimum absolute atomic E-state index is 0.0724. The molecule has 3 aromatic carbocycles. The van der Waals surface area contributed by atoms with E-state index in [1.54, 1.807) is 31.0 Å². The van der Waals surface area contributed by atoms with E-state index in [0.29, 0.717) is 23.6 Å². The van der Waals surface area contributed by atoms with Crippen molar-refractivity contribution in [1.82, 2.24) is 10.3 Å². The zero-order valence-corrected chi connectivity index (χ0v) is 20.3. The second-order valence-corrected chi connectivity index (χ2v) is 9.36. The van der Waals surface area contributed by atoms with Gasteiger partial charge in [0, 0.05) is 22.1 Å². The Labute approximate surface area is 205 Å². The van der Waals surface area contributed by atoms with Crippen LogP contribution in [-0.2, 0) is 11.3 Å². The molecular weight excluding hydrogens is 502 g/mol. The molecule has 6 nitrogen and oxygen atoms in total. The van der Waals surface area contributed by atoms with Crippen molar-refractivity contribution in [2.45, 2.75) is 11.9 Å². The van der Waals surface area contributed by atoms with E-state index in [1.807, 2.05) is 65.6 Å². The molecule has 1 aliphatic heterocycles. The quantitative estimate of drug-likeness (QED) is 0.349. The first-order valence-electron chi connectivity index (χ1n) is 10.3. The van der Waals surface area contributed by atoms with Gasteiger partial charge in [0.05, 0.1) is 19.1 Å². The van der Waals surface area contributed by atoms with Crippen molar-refractivity contribution in [2.75, 3.05) is 12.9 Å². The predicted molar refractivity (Wildman–Crippen MR) is 134 cm³/mol. The fourth-order valence-corrected chi connectivity index (χ4v) is 5.08. The van der Waals surface area contributed by atoms with Gasteiger partial charge in [-0.05, 0) is 41.5 Å². The van der Waals surface area contributed by atoms with Crippen molar-refractivity contribution in [3.63, 3.8) is 0 Å². The highest BCUT2D eigenvalue weighted by Gasteiger charge is 2.32. The van der Waals surface area contributed by atoms with Crippen molar-refractivity contribution >= 4 is 45.7 Å². The van der Waals surface area contributed by atoms with E-state index < -0.39 is 0 Å². The lowest BCUT2D eigenvalue weighted by Crippen LogP contribution is -2.27. The van der Waals surface area contributed by atoms with Gasteiger partial charge in [0.15, 0.2) is 0 Å². The Morgan fingerprint density at radius 2 is 1.94 bits per heavy atom. The molecule has 0 spiro atoms. The Hall–Kier alpha value is -3.10. The standard InChI is InChI=1S/C25H22BrN3O3S/c1-32-22-12-11-21(26)13-20(22)14-27-28-24(31)18-7-9-19(10-8-18)25-29(23(30)16-33-25)15-17-5-3-2-4-6-17/h2-14,25H,15-16H2,1H3,(H,28,31)/b27-14-/t25-/m0/s1. The zero-order chi connectivity index (χ0) is 23.2. The Morgan fingerprint density at radius 1 is 1.18 bits per heavy atom. The molecule has 0 saturated carbocycles. The SMILES string of the molecule is COc1ccc(Br)cc1/C=N\NC(=O)c1ccc([C@@H]2SCC(=O)N2Cc2ccccc2)cc1. The van der Waals surface area contributed by atoms with Crippen molar-refractivity contribution in [1.29, 1.82) is 0 Å². The maximum atomic E-state index is 12.5. The van der Waals surface area contributed by atoms with Gasteiger partial charge in [-0.1, -0.05) is 58.4 Å². The summed E-state index contributed by atoms with van der Waals surface area (Å²) < 4.78 is 6.19. The van der Waals surface area contributed by atoms with Crippen LogP contribution in [0.15, 0.2) is 82.4 Å². The van der Waals surface area contributed by atoms with Crippen LogP contribution in [0, 0.1) is 0 Å². The lowest BCUT2D eigenvalue weighted by molar-refractivity contribution is -0.128. The number of rotatable bonds is 7. The van der Waals surface area contributed by atoms with Crippen LogP contribution < -0.4 is 10.2 Å². The first-order chi connectivity index (χ1) is 16.0. The van der Waals surface area contributed by atoms with Crippen LogP contribution in [0.25, 0.3) is 0 Å². The van der Waals surface area contributed by atoms with Gasteiger partial charge >= 0.3 is 0 Å². The molecule has 1 atom stereocenters. The fourth-order valence-electron chi connectivity index (χ4n) is 3.51. The maximum absolute atomic E-state index is 12.5. The van der Waals surface area contributed by atoms with Crippen LogP contribution in [0.1, 0.15) is 32.4 Å². The topological polar surface area (TPSA) is 71.0 Å². The monoisotopic (exact) mass is 523 g/mol. The van der Waals surface area contributed by atoms with Crippen molar-refractivity contribution in [3.05, 3.63) is 99.5 Å². The van der Waals surface area contributed by atoms with Crippen LogP contribution >= 0.6 is 27.7 Å². The highest BCUT2D eigenvalue weighted by atomic mass is 79.9. The molecule has 1 fully saturated rings. The average molecular weight is 524 g/mol. The van der Waals surface area contributed by atoms with Gasteiger partial charge in [0.1, 0.15) is 11.1 Å². The highest BCUT2D eigenvalue weighted by molar-refractivity contribution is 9.10. The summed E-state index contributed by atoms with van der Waals surface area (Å²) in [5.41, 5.74) is 5.85. The smallest absolute Gasteiger partial charge is 0.271 e. The summed E-state index contributed by atoms with van der Waals surface area (Å²) in [5.74, 6) is 0.910. The lowest BCUT2D eigenvalue weighted by atomic mass is 10.1. The molecule has 8 heteroatoms. The Balaban J connectivity index is 1.42. The summed E-state index contributed by atoms with van der Waals surface area (Å²) in [6.07, 6.45) is 1.54. The van der Waals surface area contributed by atoms with E-state index in [1.165, 1.54) is 6.21 Å². The number of hydrogen-bond acceptors (Lipinski definition) is 5. The van der Waals surface area contributed by atoms with Gasteiger partial charge in [-0.2, -0.15) is 5.10 Å². The number of thioether (sulfide) groups is 1. The number of nitrogens with zero attached hydrogens (tertiary/aromatic N) is 2. The summed E-state index contributed by atoms with van der Waals surface area (Å²) in [6.45, 7) is 0.563. The number of ether oxygens (including phenoxy) is 1. The van der Waals surface area contributed by atoms with E-state index in [2.05, 4.69) is 26.5 Å². The average Bonchev–Trinajstić information content (AvgIpc) is 3.20. The number of hydrogen-bond donors (Lipinski definition) is 1. The van der Waals surface area contributed by atoms with Crippen molar-refractivity contribution < 1.29 is 14.3 Å². The van der Waals surface area contributed by atoms with Gasteiger partial charge in [0.25, 0.3) is 5.91 Å². The van der Waals surface area contributed by atoms with E-state index >= 15 is 0 Å². The maximum Gasteiger partial charge on any atom is 0.271 e. The molecule has 0 radical (unpaired) electrons. The molecule has 1 aliphatic rings. The van der Waals surface area contributed by atoms with Gasteiger partial charge in [-0.25, -0.2) is 5.43 Å². The molecule has 0 aromatic heterocycles. The Kier molecular flexibility index (Phi) is 7.47. The number of amides is 2. The minimum atomic E-state index is -0.317. The van der Waals surface area contributed by atoms with Crippen LogP contribution in [0.5, 0.6) is 5.75 Å². The van der Waals surface area contributed by atoms with E-state index in [4.69, 9.17) is 4.74 Å². The third kappa shape index (κ3) is 5.64. The lowest BCUT2D eigenvalue weighted by Gasteiger charge is -2.24. The fraction of sp³-hybridized carbons (Fsp3) is 0.160. The second-order valence-electron chi connectivity index (χ2n) is 7.38. The Bertz CT molecular complexity index is 1170. The number of nitrogens with one attached hydrogen (secondary N) is 1. The number of halogens is 1. The molecule has 0 bridgehead atoms. The summed E-state index contributed by atoms with van der Waals surface area (Å²) in [7, 11) is 1.58. The van der Waals surface area contributed by atoms with Gasteiger partial charge in [0.2, 0.25) is 5.91 Å². The molecule has 33 heavy (non-hydrogen) atoms. The first kappa shape index (κ1) is 23.1. The van der Waals surface area contributed by atoms with Crippen molar-refractivity contribution in [3.8, 4) is 5.75 Å². The number of carbonyl (C=O) groups excluding carboxylic acids is 2. The molecule has 1 N–H and O–H groups in total. The van der Waals surface area contributed by atoms with Gasteiger partial charge in [-0.3, -0.25) is 9.59 Å². The third-order valence-corrected chi connectivity index (χ3v) is 6.93. The zero-order valence-electron chi connectivity index (χ0n) is 17.9. The molecule has 1 heterocycles. The first-order valence-corrected chi connectivity index (χ1v) is 12.1. The highest BCUT2D eigenvalue weighted by Crippen LogP contribution is 2.39. The largest absolute Gasteiger partial charge is 0.496 e. The third-order valence-electron chi connectivity index (χ3n) is 5.18. The Morgan fingerprint density at radius 3 is 2.67 bits per heavy atom. The summed E-state index contributed by atoms with van der Waals surface area (Å²) in [5, 5.41) is 3.98. The summed E-state index contributed by atoms with van der Waals surface area (Å²) in [6, 6.07) is 22.8. The normalized spacial score (nSPS) is 15.8. The molecule has 1 saturated heterocycles. The van der Waals surface area contributed by atoms with E-state index in [9.17, 15) is 9.59 Å². The molecule has 168 valence electrons. The van der Waals surface area contributed by atoms with E-state index in [-0.39, 0.29) is 17.2 Å². The number of methoxy groups -OCH3 is 1. The molecule has 3 aromatic rings. The van der Waals surface area contributed by atoms with Crippen molar-refractivity contribution in [2.24, 2.45) is 5.10 Å². The van der Waals surface area contributed by atoms with Gasteiger partial charge < -0.3 is 9.64 Å². The summed E-state index contributed by atoms with van der Waals surface area (Å²) >= 11 is 5.01.